The molecule has 0 spiro atoms. The van der Waals surface area contributed by atoms with Crippen molar-refractivity contribution in [3.05, 3.63) is 29.8 Å². The molecule has 0 aliphatic heterocycles. The Morgan fingerprint density at radius 1 is 1.20 bits per heavy atom. The average molecular weight is 264 g/mol. The van der Waals surface area contributed by atoms with Crippen LogP contribution < -0.4 is 29.6 Å². The smallest absolute Gasteiger partial charge is 0.766 e. The van der Waals surface area contributed by atoms with E-state index >= 15 is 0 Å². The molecule has 0 saturated carbocycles. The predicted molar refractivity (Wildman–Crippen MR) is 46.0 cm³/mol. The molecule has 0 radical (unpaired) electrons. The Bertz CT molecular complexity index is 425. The van der Waals surface area contributed by atoms with Gasteiger partial charge in [-0.2, -0.15) is 13.2 Å². The van der Waals surface area contributed by atoms with Gasteiger partial charge in [0.2, 0.25) is 0 Å². The normalized spacial score (nSPS) is 15.2. The van der Waals surface area contributed by atoms with Crippen molar-refractivity contribution < 1.29 is 51.5 Å². The molecular weight excluding hydrogens is 260 g/mol. The van der Waals surface area contributed by atoms with E-state index in [4.69, 9.17) is 0 Å². The van der Waals surface area contributed by atoms with Crippen LogP contribution in [0.15, 0.2) is 29.2 Å². The molecule has 0 bridgehead atoms. The quantitative estimate of drug-likeness (QED) is 0.607. The Morgan fingerprint density at radius 3 is 1.87 bits per heavy atom. The van der Waals surface area contributed by atoms with E-state index in [1.807, 2.05) is 0 Å². The molecule has 2 nitrogen and oxygen atoms in total. The summed E-state index contributed by atoms with van der Waals surface area (Å²) in [5.74, 6) is 0. The van der Waals surface area contributed by atoms with Gasteiger partial charge in [0.25, 0.3) is 0 Å². The van der Waals surface area contributed by atoms with Crippen LogP contribution in [0.2, 0.25) is 0 Å². The van der Waals surface area contributed by atoms with E-state index < -0.39 is 20.5 Å². The first-order chi connectivity index (χ1) is 6.21. The van der Waals surface area contributed by atoms with E-state index in [0.717, 1.165) is 12.1 Å². The monoisotopic (exact) mass is 264 g/mol. The molecule has 0 aliphatic carbocycles. The third-order valence-electron chi connectivity index (χ3n) is 1.47. The second-order valence-corrected chi connectivity index (χ2v) is 5.17. The fourth-order valence-electron chi connectivity index (χ4n) is 0.811. The van der Waals surface area contributed by atoms with Gasteiger partial charge in [-0.15, -0.1) is 0 Å². The summed E-state index contributed by atoms with van der Waals surface area (Å²) in [7, 11) is -3.85. The van der Waals surface area contributed by atoms with Gasteiger partial charge in [-0.3, -0.25) is 4.21 Å². The molecule has 15 heavy (non-hydrogen) atoms. The van der Waals surface area contributed by atoms with Gasteiger partial charge in [0, 0.05) is 4.90 Å². The van der Waals surface area contributed by atoms with Crippen LogP contribution in [0.3, 0.4) is 0 Å². The largest absolute Gasteiger partial charge is 1.00 e. The number of alkyl halides is 3. The third kappa shape index (κ3) is 4.38. The van der Waals surface area contributed by atoms with Gasteiger partial charge < -0.3 is 4.55 Å². The standard InChI is InChI=1S/C7H5F3O2S2.Na/c8-7(9,10)5-1-3-6(4-2-5)14(11,12)13;/h1-4H,(H,11,12,13);/q;+1/p-1. The first-order valence-corrected chi connectivity index (χ1v) is 5.75. The molecular formula is C7H4F3NaO2S2. The van der Waals surface area contributed by atoms with Gasteiger partial charge in [0.1, 0.15) is 0 Å². The number of halogens is 3. The van der Waals surface area contributed by atoms with Crippen molar-refractivity contribution in [2.75, 3.05) is 0 Å². The second-order valence-electron chi connectivity index (χ2n) is 2.48. The first kappa shape index (κ1) is 15.3. The van der Waals surface area contributed by atoms with Crippen molar-refractivity contribution >= 4 is 20.0 Å². The molecule has 0 heterocycles. The summed E-state index contributed by atoms with van der Waals surface area (Å²) < 4.78 is 57.6. The van der Waals surface area contributed by atoms with Crippen molar-refractivity contribution in [2.24, 2.45) is 0 Å². The van der Waals surface area contributed by atoms with Crippen molar-refractivity contribution in [3.8, 4) is 0 Å². The third-order valence-corrected chi connectivity index (χ3v) is 2.90. The van der Waals surface area contributed by atoms with Gasteiger partial charge in [0.15, 0.2) is 0 Å². The minimum atomic E-state index is -4.47. The SMILES string of the molecule is O=S([O-])(=S)c1ccc(C(F)(F)F)cc1.[Na+]. The van der Waals surface area contributed by atoms with Crippen LogP contribution in [0, 0.1) is 0 Å². The molecule has 78 valence electrons. The summed E-state index contributed by atoms with van der Waals surface area (Å²) in [6.45, 7) is 0. The van der Waals surface area contributed by atoms with Crippen molar-refractivity contribution in [3.63, 3.8) is 0 Å². The minimum Gasteiger partial charge on any atom is -0.766 e. The molecule has 1 rings (SSSR count). The van der Waals surface area contributed by atoms with E-state index in [1.165, 1.54) is 0 Å². The maximum atomic E-state index is 12.0. The van der Waals surface area contributed by atoms with Crippen LogP contribution in [0.5, 0.6) is 0 Å². The van der Waals surface area contributed by atoms with E-state index in [0.29, 0.717) is 12.1 Å². The number of benzene rings is 1. The topological polar surface area (TPSA) is 40.1 Å². The summed E-state index contributed by atoms with van der Waals surface area (Å²) in [5, 5.41) is 0. The maximum Gasteiger partial charge on any atom is 1.00 e. The molecule has 1 atom stereocenters. The van der Waals surface area contributed by atoms with Gasteiger partial charge in [-0.1, -0.05) is 0 Å². The van der Waals surface area contributed by atoms with Crippen molar-refractivity contribution in [2.45, 2.75) is 11.1 Å². The van der Waals surface area contributed by atoms with Crippen LogP contribution in [0.1, 0.15) is 5.56 Å². The van der Waals surface area contributed by atoms with Crippen LogP contribution in [0.4, 0.5) is 13.2 Å². The van der Waals surface area contributed by atoms with Crippen LogP contribution >= 0.6 is 0 Å². The molecule has 1 aromatic rings. The summed E-state index contributed by atoms with van der Waals surface area (Å²) >= 11 is 4.08. The molecule has 8 heteroatoms. The molecule has 1 unspecified atom stereocenters. The molecule has 0 fully saturated rings. The second kappa shape index (κ2) is 5.11. The van der Waals surface area contributed by atoms with Gasteiger partial charge >= 0.3 is 35.7 Å². The fourth-order valence-corrected chi connectivity index (χ4v) is 1.61. The Morgan fingerprint density at radius 2 is 1.60 bits per heavy atom. The predicted octanol–water partition coefficient (Wildman–Crippen LogP) is -1.05. The number of hydrogen-bond donors (Lipinski definition) is 0. The van der Waals surface area contributed by atoms with Gasteiger partial charge in [-0.25, -0.2) is 0 Å². The van der Waals surface area contributed by atoms with Crippen LogP contribution in [-0.4, -0.2) is 8.76 Å². The Balaban J connectivity index is 0.00000196. The molecule has 0 N–H and O–H groups in total. The van der Waals surface area contributed by atoms with Crippen LogP contribution in [-0.2, 0) is 26.1 Å². The van der Waals surface area contributed by atoms with Crippen molar-refractivity contribution in [1.82, 2.24) is 0 Å². The Kier molecular flexibility index (Phi) is 5.23. The van der Waals surface area contributed by atoms with Gasteiger partial charge in [0.05, 0.1) is 5.56 Å². The molecule has 1 aromatic carbocycles. The van der Waals surface area contributed by atoms with E-state index in [1.54, 1.807) is 0 Å². The van der Waals surface area contributed by atoms with Crippen molar-refractivity contribution in [1.29, 1.82) is 0 Å². The van der Waals surface area contributed by atoms with E-state index in [9.17, 15) is 21.9 Å². The summed E-state index contributed by atoms with van der Waals surface area (Å²) in [5.41, 5.74) is -0.903. The zero-order valence-corrected chi connectivity index (χ0v) is 11.2. The molecule has 0 aromatic heterocycles. The first-order valence-electron chi connectivity index (χ1n) is 3.34. The fraction of sp³-hybridized carbons (Fsp3) is 0.143. The molecule has 0 amide bonds. The zero-order chi connectivity index (χ0) is 11.0. The molecule has 0 aliphatic rings. The maximum absolute atomic E-state index is 12.0. The zero-order valence-electron chi connectivity index (χ0n) is 7.58. The summed E-state index contributed by atoms with van der Waals surface area (Å²) in [4.78, 5) is -0.305. The van der Waals surface area contributed by atoms with Gasteiger partial charge in [-0.05, 0) is 44.2 Å². The van der Waals surface area contributed by atoms with E-state index in [-0.39, 0.29) is 34.5 Å². The summed E-state index contributed by atoms with van der Waals surface area (Å²) in [6.07, 6.45) is -4.47. The average Bonchev–Trinajstić information content (AvgIpc) is 2.01. The Labute approximate surface area is 112 Å². The minimum absolute atomic E-state index is 0. The summed E-state index contributed by atoms with van der Waals surface area (Å²) in [6, 6.07) is 3.04. The van der Waals surface area contributed by atoms with E-state index in [2.05, 4.69) is 11.2 Å². The Hall–Kier alpha value is 0.340. The molecule has 0 saturated heterocycles. The number of rotatable bonds is 1. The van der Waals surface area contributed by atoms with Crippen LogP contribution in [0.25, 0.3) is 0 Å². The number of hydrogen-bond acceptors (Lipinski definition) is 3.